The summed E-state index contributed by atoms with van der Waals surface area (Å²) in [6, 6.07) is 4.78. The third-order valence-electron chi connectivity index (χ3n) is 3.40. The van der Waals surface area contributed by atoms with Gasteiger partial charge in [0, 0.05) is 19.2 Å². The summed E-state index contributed by atoms with van der Waals surface area (Å²) in [7, 11) is 0. The van der Waals surface area contributed by atoms with Crippen LogP contribution in [0.25, 0.3) is 0 Å². The number of hydrogen-bond acceptors (Lipinski definition) is 5. The topological polar surface area (TPSA) is 110 Å². The molecule has 0 spiro atoms. The molecule has 0 saturated carbocycles. The fraction of sp³-hybridized carbons (Fsp3) is 0.417. The van der Waals surface area contributed by atoms with Crippen LogP contribution >= 0.6 is 0 Å². The monoisotopic (exact) mass is 265 g/mol. The molecule has 102 valence electrons. The van der Waals surface area contributed by atoms with E-state index in [0.29, 0.717) is 12.2 Å². The molecule has 3 N–H and O–H groups in total. The molecular formula is C12H15N3O4. The van der Waals surface area contributed by atoms with Crippen LogP contribution in [-0.4, -0.2) is 34.6 Å². The standard InChI is InChI=1S/C12H15N3O4/c1-8-2-3-9(15(18)19)10(6-8)14-5-4-12(13,7-14)11(16)17/h2-3,6H,4-5,7,13H2,1H3,(H,16,17). The number of benzene rings is 1. The number of nitro benzene ring substituents is 1. The molecule has 1 aromatic rings. The van der Waals surface area contributed by atoms with E-state index in [1.54, 1.807) is 17.0 Å². The first-order valence-corrected chi connectivity index (χ1v) is 5.86. The van der Waals surface area contributed by atoms with E-state index in [1.807, 2.05) is 6.92 Å². The zero-order valence-electron chi connectivity index (χ0n) is 10.5. The van der Waals surface area contributed by atoms with E-state index < -0.39 is 16.4 Å². The van der Waals surface area contributed by atoms with Gasteiger partial charge >= 0.3 is 5.97 Å². The summed E-state index contributed by atoms with van der Waals surface area (Å²) < 4.78 is 0. The van der Waals surface area contributed by atoms with E-state index in [4.69, 9.17) is 10.8 Å². The number of hydrogen-bond donors (Lipinski definition) is 2. The van der Waals surface area contributed by atoms with Crippen molar-refractivity contribution in [2.24, 2.45) is 5.73 Å². The highest BCUT2D eigenvalue weighted by molar-refractivity contribution is 5.81. The summed E-state index contributed by atoms with van der Waals surface area (Å²) in [6.45, 7) is 2.30. The molecule has 0 amide bonds. The average Bonchev–Trinajstić information content (AvgIpc) is 2.73. The molecule has 7 nitrogen and oxygen atoms in total. The Labute approximate surface area is 109 Å². The number of carboxylic acids is 1. The number of nitrogens with two attached hydrogens (primary N) is 1. The summed E-state index contributed by atoms with van der Waals surface area (Å²) in [5, 5.41) is 20.1. The Bertz CT molecular complexity index is 546. The third-order valence-corrected chi connectivity index (χ3v) is 3.40. The lowest BCUT2D eigenvalue weighted by Crippen LogP contribution is -2.50. The molecule has 1 aromatic carbocycles. The minimum Gasteiger partial charge on any atom is -0.480 e. The Morgan fingerprint density at radius 1 is 1.58 bits per heavy atom. The maximum absolute atomic E-state index is 11.1. The van der Waals surface area contributed by atoms with Gasteiger partial charge in [0.25, 0.3) is 5.69 Å². The largest absolute Gasteiger partial charge is 0.480 e. The molecule has 1 fully saturated rings. The molecule has 0 bridgehead atoms. The van der Waals surface area contributed by atoms with Crippen LogP contribution in [0.3, 0.4) is 0 Å². The van der Waals surface area contributed by atoms with Crippen LogP contribution in [0.1, 0.15) is 12.0 Å². The first-order valence-electron chi connectivity index (χ1n) is 5.86. The minimum atomic E-state index is -1.34. The summed E-state index contributed by atoms with van der Waals surface area (Å²) in [5.41, 5.74) is 5.73. The van der Waals surface area contributed by atoms with E-state index in [-0.39, 0.29) is 18.7 Å². The number of aryl methyl sites for hydroxylation is 1. The minimum absolute atomic E-state index is 0.0276. The molecule has 19 heavy (non-hydrogen) atoms. The molecule has 1 saturated heterocycles. The normalized spacial score (nSPS) is 22.5. The zero-order valence-corrected chi connectivity index (χ0v) is 10.5. The number of rotatable bonds is 3. The van der Waals surface area contributed by atoms with Gasteiger partial charge in [-0.2, -0.15) is 0 Å². The Balaban J connectivity index is 2.36. The fourth-order valence-electron chi connectivity index (χ4n) is 2.25. The van der Waals surface area contributed by atoms with E-state index in [2.05, 4.69) is 0 Å². The van der Waals surface area contributed by atoms with Crippen LogP contribution in [0.15, 0.2) is 18.2 Å². The molecule has 1 unspecified atom stereocenters. The molecule has 0 aliphatic carbocycles. The molecule has 0 radical (unpaired) electrons. The van der Waals surface area contributed by atoms with E-state index >= 15 is 0 Å². The lowest BCUT2D eigenvalue weighted by molar-refractivity contribution is -0.384. The van der Waals surface area contributed by atoms with Gasteiger partial charge in [-0.15, -0.1) is 0 Å². The van der Waals surface area contributed by atoms with Crippen molar-refractivity contribution >= 4 is 17.3 Å². The van der Waals surface area contributed by atoms with Crippen molar-refractivity contribution in [3.8, 4) is 0 Å². The van der Waals surface area contributed by atoms with E-state index in [9.17, 15) is 14.9 Å². The third kappa shape index (κ3) is 2.37. The molecule has 1 atom stereocenters. The van der Waals surface area contributed by atoms with Gasteiger partial charge in [0.2, 0.25) is 0 Å². The second kappa shape index (κ2) is 4.51. The number of carbonyl (C=O) groups is 1. The number of nitro groups is 1. The molecule has 0 aromatic heterocycles. The highest BCUT2D eigenvalue weighted by Crippen LogP contribution is 2.33. The maximum Gasteiger partial charge on any atom is 0.325 e. The van der Waals surface area contributed by atoms with Gasteiger partial charge in [0.15, 0.2) is 0 Å². The summed E-state index contributed by atoms with van der Waals surface area (Å²) in [5.74, 6) is -1.08. The number of anilines is 1. The Kier molecular flexibility index (Phi) is 3.15. The van der Waals surface area contributed by atoms with E-state index in [1.165, 1.54) is 6.07 Å². The Morgan fingerprint density at radius 3 is 2.79 bits per heavy atom. The van der Waals surface area contributed by atoms with Crippen LogP contribution in [0.2, 0.25) is 0 Å². The molecule has 7 heteroatoms. The second-order valence-corrected chi connectivity index (χ2v) is 4.88. The van der Waals surface area contributed by atoms with Crippen molar-refractivity contribution in [3.05, 3.63) is 33.9 Å². The average molecular weight is 265 g/mol. The SMILES string of the molecule is Cc1ccc([N+](=O)[O-])c(N2CCC(N)(C(=O)O)C2)c1. The molecule has 1 heterocycles. The van der Waals surface area contributed by atoms with Gasteiger partial charge in [-0.25, -0.2) is 0 Å². The molecule has 2 rings (SSSR count). The summed E-state index contributed by atoms with van der Waals surface area (Å²) in [4.78, 5) is 23.3. The molecular weight excluding hydrogens is 250 g/mol. The van der Waals surface area contributed by atoms with Crippen LogP contribution in [-0.2, 0) is 4.79 Å². The summed E-state index contributed by atoms with van der Waals surface area (Å²) >= 11 is 0. The van der Waals surface area contributed by atoms with Crippen molar-refractivity contribution in [1.82, 2.24) is 0 Å². The van der Waals surface area contributed by atoms with Gasteiger partial charge in [-0.1, -0.05) is 6.07 Å². The van der Waals surface area contributed by atoms with Gasteiger partial charge in [0.05, 0.1) is 4.92 Å². The highest BCUT2D eigenvalue weighted by atomic mass is 16.6. The van der Waals surface area contributed by atoms with Crippen molar-refractivity contribution < 1.29 is 14.8 Å². The van der Waals surface area contributed by atoms with Gasteiger partial charge < -0.3 is 15.7 Å². The predicted molar refractivity (Wildman–Crippen MR) is 69.2 cm³/mol. The molecule has 1 aliphatic rings. The van der Waals surface area contributed by atoms with Crippen molar-refractivity contribution in [3.63, 3.8) is 0 Å². The van der Waals surface area contributed by atoms with Gasteiger partial charge in [-0.05, 0) is 25.0 Å². The van der Waals surface area contributed by atoms with Crippen LogP contribution in [0.4, 0.5) is 11.4 Å². The fourth-order valence-corrected chi connectivity index (χ4v) is 2.25. The number of aliphatic carboxylic acids is 1. The number of carboxylic acid groups (broad SMARTS) is 1. The first-order chi connectivity index (χ1) is 8.83. The van der Waals surface area contributed by atoms with Crippen molar-refractivity contribution in [1.29, 1.82) is 0 Å². The lowest BCUT2D eigenvalue weighted by atomic mass is 10.0. The van der Waals surface area contributed by atoms with Crippen LogP contribution < -0.4 is 10.6 Å². The quantitative estimate of drug-likeness (QED) is 0.620. The lowest BCUT2D eigenvalue weighted by Gasteiger charge is -2.21. The van der Waals surface area contributed by atoms with Crippen LogP contribution in [0.5, 0.6) is 0 Å². The summed E-state index contributed by atoms with van der Waals surface area (Å²) in [6.07, 6.45) is 0.271. The van der Waals surface area contributed by atoms with Crippen LogP contribution in [0, 0.1) is 17.0 Å². The first kappa shape index (κ1) is 13.3. The second-order valence-electron chi connectivity index (χ2n) is 4.88. The zero-order chi connectivity index (χ0) is 14.2. The van der Waals surface area contributed by atoms with Gasteiger partial charge in [-0.3, -0.25) is 14.9 Å². The Morgan fingerprint density at radius 2 is 2.26 bits per heavy atom. The Hall–Kier alpha value is -2.15. The smallest absolute Gasteiger partial charge is 0.325 e. The predicted octanol–water partition coefficient (Wildman–Crippen LogP) is 0.895. The number of nitrogens with zero attached hydrogens (tertiary/aromatic N) is 2. The van der Waals surface area contributed by atoms with Gasteiger partial charge in [0.1, 0.15) is 11.2 Å². The van der Waals surface area contributed by atoms with Crippen molar-refractivity contribution in [2.75, 3.05) is 18.0 Å². The maximum atomic E-state index is 11.1. The highest BCUT2D eigenvalue weighted by Gasteiger charge is 2.42. The van der Waals surface area contributed by atoms with E-state index in [0.717, 1.165) is 5.56 Å². The van der Waals surface area contributed by atoms with Crippen molar-refractivity contribution in [2.45, 2.75) is 18.9 Å². The molecule has 1 aliphatic heterocycles.